The molecule has 4 rings (SSSR count). The van der Waals surface area contributed by atoms with E-state index in [2.05, 4.69) is 23.5 Å². The molecular formula is C27H30FNO3. The lowest BCUT2D eigenvalue weighted by atomic mass is 9.87. The number of ether oxygens (including phenoxy) is 3. The monoisotopic (exact) mass is 435 g/mol. The van der Waals surface area contributed by atoms with Gasteiger partial charge in [-0.15, -0.1) is 0 Å². The first-order valence-corrected chi connectivity index (χ1v) is 11.0. The smallest absolute Gasteiger partial charge is 0.132 e. The summed E-state index contributed by atoms with van der Waals surface area (Å²) in [6.07, 6.45) is -0.659. The zero-order valence-corrected chi connectivity index (χ0v) is 18.8. The highest BCUT2D eigenvalue weighted by Gasteiger charge is 2.45. The van der Waals surface area contributed by atoms with Crippen molar-refractivity contribution in [1.82, 2.24) is 0 Å². The summed E-state index contributed by atoms with van der Waals surface area (Å²) in [6, 6.07) is 22.8. The fourth-order valence-electron chi connectivity index (χ4n) is 4.10. The summed E-state index contributed by atoms with van der Waals surface area (Å²) in [5.74, 6) is 0.524. The van der Waals surface area contributed by atoms with E-state index < -0.39 is 5.60 Å². The van der Waals surface area contributed by atoms with E-state index in [1.807, 2.05) is 57.2 Å². The lowest BCUT2D eigenvalue weighted by molar-refractivity contribution is -0.165. The Bertz CT molecular complexity index is 1040. The van der Waals surface area contributed by atoms with Gasteiger partial charge in [0, 0.05) is 24.4 Å². The van der Waals surface area contributed by atoms with E-state index in [9.17, 15) is 4.39 Å². The van der Waals surface area contributed by atoms with Crippen molar-refractivity contribution in [2.24, 2.45) is 0 Å². The van der Waals surface area contributed by atoms with Crippen LogP contribution in [-0.2, 0) is 22.6 Å². The van der Waals surface area contributed by atoms with Gasteiger partial charge in [0.2, 0.25) is 0 Å². The molecule has 0 bridgehead atoms. The second kappa shape index (κ2) is 9.72. The Balaban J connectivity index is 1.56. The molecular weight excluding hydrogens is 405 g/mol. The first kappa shape index (κ1) is 22.3. The van der Waals surface area contributed by atoms with Crippen LogP contribution in [0.3, 0.4) is 0 Å². The van der Waals surface area contributed by atoms with E-state index >= 15 is 0 Å². The van der Waals surface area contributed by atoms with E-state index in [0.717, 1.165) is 29.1 Å². The molecule has 3 aromatic carbocycles. The molecule has 1 N–H and O–H groups in total. The van der Waals surface area contributed by atoms with Gasteiger partial charge in [-0.2, -0.15) is 0 Å². The van der Waals surface area contributed by atoms with Gasteiger partial charge < -0.3 is 19.5 Å². The van der Waals surface area contributed by atoms with Crippen molar-refractivity contribution < 1.29 is 18.6 Å². The SMILES string of the molecule is CCOC1c2cc(NCc3ccccc3)ccc2OC(C)(C)C1OCc1cccc(F)c1. The second-order valence-corrected chi connectivity index (χ2v) is 8.53. The molecule has 0 fully saturated rings. The molecule has 0 amide bonds. The first-order valence-electron chi connectivity index (χ1n) is 11.0. The summed E-state index contributed by atoms with van der Waals surface area (Å²) < 4.78 is 32.4. The molecule has 168 valence electrons. The zero-order valence-electron chi connectivity index (χ0n) is 18.8. The number of hydrogen-bond acceptors (Lipinski definition) is 4. The molecule has 2 unspecified atom stereocenters. The van der Waals surface area contributed by atoms with Gasteiger partial charge in [0.25, 0.3) is 0 Å². The van der Waals surface area contributed by atoms with Crippen molar-refractivity contribution in [3.8, 4) is 5.75 Å². The van der Waals surface area contributed by atoms with Crippen LogP contribution in [0.1, 0.15) is 43.6 Å². The Morgan fingerprint density at radius 1 is 0.938 bits per heavy atom. The third-order valence-electron chi connectivity index (χ3n) is 5.65. The molecule has 5 heteroatoms. The van der Waals surface area contributed by atoms with Crippen molar-refractivity contribution >= 4 is 5.69 Å². The summed E-state index contributed by atoms with van der Waals surface area (Å²) >= 11 is 0. The molecule has 0 radical (unpaired) electrons. The normalized spacial score (nSPS) is 19.1. The molecule has 3 aromatic rings. The Labute approximate surface area is 189 Å². The Morgan fingerprint density at radius 3 is 2.47 bits per heavy atom. The lowest BCUT2D eigenvalue weighted by Gasteiger charge is -2.44. The minimum Gasteiger partial charge on any atom is -0.485 e. The largest absolute Gasteiger partial charge is 0.485 e. The average molecular weight is 436 g/mol. The Morgan fingerprint density at radius 2 is 1.72 bits per heavy atom. The first-order chi connectivity index (χ1) is 15.5. The van der Waals surface area contributed by atoms with Crippen molar-refractivity contribution in [3.05, 3.63) is 95.3 Å². The summed E-state index contributed by atoms with van der Waals surface area (Å²) in [7, 11) is 0. The van der Waals surface area contributed by atoms with Crippen LogP contribution in [0.25, 0.3) is 0 Å². The topological polar surface area (TPSA) is 39.7 Å². The quantitative estimate of drug-likeness (QED) is 0.453. The van der Waals surface area contributed by atoms with Gasteiger partial charge in [-0.25, -0.2) is 4.39 Å². The van der Waals surface area contributed by atoms with E-state index in [1.165, 1.54) is 17.7 Å². The molecule has 32 heavy (non-hydrogen) atoms. The van der Waals surface area contributed by atoms with Gasteiger partial charge in [0.1, 0.15) is 29.4 Å². The molecule has 0 aliphatic carbocycles. The number of rotatable bonds is 8. The second-order valence-electron chi connectivity index (χ2n) is 8.53. The van der Waals surface area contributed by atoms with E-state index in [0.29, 0.717) is 6.61 Å². The Hall–Kier alpha value is -2.89. The van der Waals surface area contributed by atoms with Crippen LogP contribution in [0.2, 0.25) is 0 Å². The highest BCUT2D eigenvalue weighted by atomic mass is 19.1. The molecule has 0 aromatic heterocycles. The van der Waals surface area contributed by atoms with Crippen molar-refractivity contribution in [3.63, 3.8) is 0 Å². The highest BCUT2D eigenvalue weighted by molar-refractivity contribution is 5.53. The fraction of sp³-hybridized carbons (Fsp3) is 0.333. The summed E-state index contributed by atoms with van der Waals surface area (Å²) in [5.41, 5.74) is 3.32. The standard InChI is InChI=1S/C27H30FNO3/c1-4-30-25-23-16-22(29-17-19-9-6-5-7-10-19)13-14-24(23)32-27(2,3)26(25)31-18-20-11-8-12-21(28)15-20/h5-16,25-26,29H,4,17-18H2,1-3H3. The van der Waals surface area contributed by atoms with Crippen LogP contribution in [0.4, 0.5) is 10.1 Å². The minimum absolute atomic E-state index is 0.272. The Kier molecular flexibility index (Phi) is 6.77. The predicted octanol–water partition coefficient (Wildman–Crippen LogP) is 6.27. The highest BCUT2D eigenvalue weighted by Crippen LogP contribution is 2.44. The van der Waals surface area contributed by atoms with Crippen LogP contribution >= 0.6 is 0 Å². The van der Waals surface area contributed by atoms with Crippen LogP contribution in [-0.4, -0.2) is 18.3 Å². The van der Waals surface area contributed by atoms with Crippen LogP contribution in [0.15, 0.2) is 72.8 Å². The molecule has 4 nitrogen and oxygen atoms in total. The average Bonchev–Trinajstić information content (AvgIpc) is 2.78. The van der Waals surface area contributed by atoms with Gasteiger partial charge in [0.15, 0.2) is 0 Å². The number of hydrogen-bond donors (Lipinski definition) is 1. The summed E-state index contributed by atoms with van der Waals surface area (Å²) in [4.78, 5) is 0. The van der Waals surface area contributed by atoms with Gasteiger partial charge in [-0.1, -0.05) is 42.5 Å². The van der Waals surface area contributed by atoms with Crippen molar-refractivity contribution in [2.75, 3.05) is 11.9 Å². The van der Waals surface area contributed by atoms with Crippen molar-refractivity contribution in [2.45, 2.75) is 51.7 Å². The van der Waals surface area contributed by atoms with Crippen LogP contribution in [0, 0.1) is 5.82 Å². The van der Waals surface area contributed by atoms with E-state index in [-0.39, 0.29) is 24.6 Å². The number of nitrogens with one attached hydrogen (secondary N) is 1. The van der Waals surface area contributed by atoms with E-state index in [1.54, 1.807) is 6.07 Å². The minimum atomic E-state index is -0.612. The van der Waals surface area contributed by atoms with Gasteiger partial charge in [0.05, 0.1) is 6.61 Å². The maximum Gasteiger partial charge on any atom is 0.132 e. The van der Waals surface area contributed by atoms with Gasteiger partial charge >= 0.3 is 0 Å². The summed E-state index contributed by atoms with van der Waals surface area (Å²) in [6.45, 7) is 7.52. The fourth-order valence-corrected chi connectivity index (χ4v) is 4.10. The molecule has 1 heterocycles. The lowest BCUT2D eigenvalue weighted by Crippen LogP contribution is -2.51. The predicted molar refractivity (Wildman–Crippen MR) is 124 cm³/mol. The number of anilines is 1. The third kappa shape index (κ3) is 5.12. The third-order valence-corrected chi connectivity index (χ3v) is 5.65. The van der Waals surface area contributed by atoms with Crippen molar-refractivity contribution in [1.29, 1.82) is 0 Å². The number of fused-ring (bicyclic) bond motifs is 1. The maximum absolute atomic E-state index is 13.6. The van der Waals surface area contributed by atoms with Gasteiger partial charge in [-0.3, -0.25) is 0 Å². The zero-order chi connectivity index (χ0) is 22.6. The maximum atomic E-state index is 13.6. The molecule has 0 saturated heterocycles. The summed E-state index contributed by atoms with van der Waals surface area (Å²) in [5, 5.41) is 3.48. The number of halogens is 1. The van der Waals surface area contributed by atoms with Crippen LogP contribution < -0.4 is 10.1 Å². The molecule has 2 atom stereocenters. The molecule has 0 saturated carbocycles. The molecule has 0 spiro atoms. The molecule has 1 aliphatic rings. The molecule has 1 aliphatic heterocycles. The number of benzene rings is 3. The van der Waals surface area contributed by atoms with Crippen LogP contribution in [0.5, 0.6) is 5.75 Å². The van der Waals surface area contributed by atoms with Gasteiger partial charge in [-0.05, 0) is 62.2 Å². The van der Waals surface area contributed by atoms with E-state index in [4.69, 9.17) is 14.2 Å².